The molecule has 0 bridgehead atoms. The van der Waals surface area contributed by atoms with Gasteiger partial charge in [-0.3, -0.25) is 9.59 Å². The molecule has 0 aliphatic heterocycles. The van der Waals surface area contributed by atoms with Crippen molar-refractivity contribution in [3.05, 3.63) is 24.3 Å². The van der Waals surface area contributed by atoms with Crippen LogP contribution in [0.15, 0.2) is 29.2 Å². The molecule has 0 radical (unpaired) electrons. The minimum atomic E-state index is -3.51. The lowest BCUT2D eigenvalue weighted by Crippen LogP contribution is -2.27. The second-order valence-electron chi connectivity index (χ2n) is 7.71. The van der Waals surface area contributed by atoms with Crippen LogP contribution in [0.3, 0.4) is 0 Å². The first-order valence-electron chi connectivity index (χ1n) is 11.0. The molecular weight excluding hydrogens is 498 g/mol. The standard InChI is InChI=1S/C23H33NO9S2/c1-19(25)33-21(18-32-20-12-10-13-22(17-20)34(3,27)28)11-7-9-16-35(29,30)24-15-8-5-4-6-14-23(26)31-2/h10,12-13,17,21,24H,4,6-7,9,11,14-16,18H2,1-3H3. The van der Waals surface area contributed by atoms with Crippen LogP contribution in [0.2, 0.25) is 0 Å². The number of hydrogen-bond donors (Lipinski definition) is 1. The molecule has 35 heavy (non-hydrogen) atoms. The Morgan fingerprint density at radius 3 is 2.49 bits per heavy atom. The average molecular weight is 532 g/mol. The topological polar surface area (TPSA) is 142 Å². The molecule has 12 heteroatoms. The molecule has 0 aliphatic carbocycles. The lowest BCUT2D eigenvalue weighted by atomic mass is 10.2. The summed E-state index contributed by atoms with van der Waals surface area (Å²) in [5.41, 5.74) is 0. The van der Waals surface area contributed by atoms with E-state index in [4.69, 9.17) is 9.47 Å². The normalized spacial score (nSPS) is 12.2. The predicted octanol–water partition coefficient (Wildman–Crippen LogP) is 1.84. The van der Waals surface area contributed by atoms with Gasteiger partial charge in [0.2, 0.25) is 10.0 Å². The number of unbranched alkanes of at least 4 members (excludes halogenated alkanes) is 2. The first kappa shape index (κ1) is 30.4. The maximum absolute atomic E-state index is 12.1. The van der Waals surface area contributed by atoms with Crippen LogP contribution in [0.4, 0.5) is 0 Å². The van der Waals surface area contributed by atoms with Crippen molar-refractivity contribution in [2.24, 2.45) is 0 Å². The Morgan fingerprint density at radius 2 is 1.83 bits per heavy atom. The first-order valence-corrected chi connectivity index (χ1v) is 14.6. The van der Waals surface area contributed by atoms with Gasteiger partial charge in [-0.05, 0) is 43.9 Å². The fraction of sp³-hybridized carbons (Fsp3) is 0.565. The quantitative estimate of drug-likeness (QED) is 0.204. The molecule has 1 N–H and O–H groups in total. The van der Waals surface area contributed by atoms with Crippen LogP contribution in [0.5, 0.6) is 5.75 Å². The Hall–Kier alpha value is -2.62. The molecule has 0 saturated heterocycles. The summed E-state index contributed by atoms with van der Waals surface area (Å²) in [4.78, 5) is 22.5. The second kappa shape index (κ2) is 15.4. The molecule has 1 aromatic rings. The van der Waals surface area contributed by atoms with Crippen LogP contribution in [0, 0.1) is 11.8 Å². The number of nitrogens with one attached hydrogen (secondary N) is 1. The van der Waals surface area contributed by atoms with E-state index in [1.807, 2.05) is 0 Å². The van der Waals surface area contributed by atoms with Crippen LogP contribution in [-0.2, 0) is 38.9 Å². The Kier molecular flexibility index (Phi) is 13.4. The summed E-state index contributed by atoms with van der Waals surface area (Å²) in [7, 11) is -5.58. The van der Waals surface area contributed by atoms with Crippen LogP contribution >= 0.6 is 0 Å². The highest BCUT2D eigenvalue weighted by molar-refractivity contribution is 7.90. The lowest BCUT2D eigenvalue weighted by molar-refractivity contribution is -0.148. The number of benzene rings is 1. The molecule has 10 nitrogen and oxygen atoms in total. The zero-order valence-corrected chi connectivity index (χ0v) is 21.9. The smallest absolute Gasteiger partial charge is 0.305 e. The second-order valence-corrected chi connectivity index (χ2v) is 11.7. The molecule has 0 heterocycles. The van der Waals surface area contributed by atoms with E-state index in [0.717, 1.165) is 6.26 Å². The molecule has 0 spiro atoms. The van der Waals surface area contributed by atoms with E-state index in [1.165, 1.54) is 26.2 Å². The van der Waals surface area contributed by atoms with Gasteiger partial charge in [0, 0.05) is 26.0 Å². The zero-order valence-electron chi connectivity index (χ0n) is 20.2. The van der Waals surface area contributed by atoms with Gasteiger partial charge in [-0.25, -0.2) is 21.6 Å². The number of sulfone groups is 1. The average Bonchev–Trinajstić information content (AvgIpc) is 2.78. The summed E-state index contributed by atoms with van der Waals surface area (Å²) in [6.45, 7) is 1.25. The summed E-state index contributed by atoms with van der Waals surface area (Å²) in [6.07, 6.45) is 2.94. The van der Waals surface area contributed by atoms with Crippen LogP contribution in [0.25, 0.3) is 0 Å². The molecule has 1 unspecified atom stereocenters. The highest BCUT2D eigenvalue weighted by Crippen LogP contribution is 2.18. The number of esters is 2. The van der Waals surface area contributed by atoms with Crippen molar-refractivity contribution in [2.75, 3.05) is 32.3 Å². The first-order chi connectivity index (χ1) is 16.4. The van der Waals surface area contributed by atoms with Crippen molar-refractivity contribution in [1.29, 1.82) is 0 Å². The summed E-state index contributed by atoms with van der Waals surface area (Å²) < 4.78 is 65.3. The van der Waals surface area contributed by atoms with E-state index in [0.29, 0.717) is 37.9 Å². The molecule has 196 valence electrons. The van der Waals surface area contributed by atoms with E-state index in [2.05, 4.69) is 21.3 Å². The number of hydrogen-bond acceptors (Lipinski definition) is 9. The SMILES string of the molecule is COC(=O)CCCC#CCNS(=O)(=O)CCCCC(COc1cccc(S(C)(=O)=O)c1)OC(C)=O. The van der Waals surface area contributed by atoms with Gasteiger partial charge >= 0.3 is 11.9 Å². The van der Waals surface area contributed by atoms with Gasteiger partial charge in [-0.15, -0.1) is 5.92 Å². The molecule has 0 fully saturated rings. The molecule has 0 amide bonds. The van der Waals surface area contributed by atoms with Crippen molar-refractivity contribution < 1.29 is 40.6 Å². The summed E-state index contributed by atoms with van der Waals surface area (Å²) in [5.74, 6) is 4.91. The number of ether oxygens (including phenoxy) is 3. The number of carbonyl (C=O) groups excluding carboxylic acids is 2. The lowest BCUT2D eigenvalue weighted by Gasteiger charge is -2.18. The van der Waals surface area contributed by atoms with Gasteiger partial charge in [0.05, 0.1) is 24.3 Å². The number of rotatable bonds is 15. The van der Waals surface area contributed by atoms with Gasteiger partial charge in [-0.2, -0.15) is 0 Å². The van der Waals surface area contributed by atoms with Crippen molar-refractivity contribution in [1.82, 2.24) is 4.72 Å². The van der Waals surface area contributed by atoms with E-state index in [9.17, 15) is 26.4 Å². The zero-order chi connectivity index (χ0) is 26.3. The largest absolute Gasteiger partial charge is 0.490 e. The van der Waals surface area contributed by atoms with Crippen molar-refractivity contribution in [3.63, 3.8) is 0 Å². The summed E-state index contributed by atoms with van der Waals surface area (Å²) in [5, 5.41) is 0. The molecule has 0 saturated carbocycles. The summed E-state index contributed by atoms with van der Waals surface area (Å²) >= 11 is 0. The summed E-state index contributed by atoms with van der Waals surface area (Å²) in [6, 6.07) is 5.99. The van der Waals surface area contributed by atoms with Crippen molar-refractivity contribution in [2.45, 2.75) is 56.4 Å². The van der Waals surface area contributed by atoms with Gasteiger partial charge in [0.15, 0.2) is 9.84 Å². The maximum Gasteiger partial charge on any atom is 0.305 e. The number of methoxy groups -OCH3 is 1. The fourth-order valence-corrected chi connectivity index (χ4v) is 4.53. The highest BCUT2D eigenvalue weighted by atomic mass is 32.2. The van der Waals surface area contributed by atoms with Crippen molar-refractivity contribution in [3.8, 4) is 17.6 Å². The molecule has 0 aliphatic rings. The predicted molar refractivity (Wildman–Crippen MR) is 130 cm³/mol. The van der Waals surface area contributed by atoms with Crippen LogP contribution < -0.4 is 9.46 Å². The van der Waals surface area contributed by atoms with Crippen LogP contribution in [0.1, 0.15) is 45.4 Å². The molecule has 1 aromatic carbocycles. The fourth-order valence-electron chi connectivity index (χ4n) is 2.85. The Labute approximate surface area is 207 Å². The number of sulfonamides is 1. The van der Waals surface area contributed by atoms with Gasteiger partial charge in [-0.1, -0.05) is 12.0 Å². The third kappa shape index (κ3) is 14.4. The Balaban J connectivity index is 2.42. The Morgan fingerprint density at radius 1 is 1.09 bits per heavy atom. The third-order valence-electron chi connectivity index (χ3n) is 4.61. The van der Waals surface area contributed by atoms with E-state index < -0.39 is 31.9 Å². The molecule has 0 aromatic heterocycles. The molecule has 1 atom stereocenters. The van der Waals surface area contributed by atoms with Gasteiger partial charge < -0.3 is 14.2 Å². The van der Waals surface area contributed by atoms with Gasteiger partial charge in [0.1, 0.15) is 18.5 Å². The van der Waals surface area contributed by atoms with E-state index in [1.54, 1.807) is 12.1 Å². The maximum atomic E-state index is 12.1. The minimum absolute atomic E-state index is 0.00334. The monoisotopic (exact) mass is 531 g/mol. The Bertz CT molecular complexity index is 1100. The van der Waals surface area contributed by atoms with Gasteiger partial charge in [0.25, 0.3) is 0 Å². The van der Waals surface area contributed by atoms with Crippen molar-refractivity contribution >= 4 is 31.8 Å². The third-order valence-corrected chi connectivity index (χ3v) is 7.13. The molecule has 1 rings (SSSR count). The molecular formula is C23H33NO9S2. The minimum Gasteiger partial charge on any atom is -0.490 e. The van der Waals surface area contributed by atoms with Crippen LogP contribution in [-0.4, -0.2) is 67.1 Å². The number of carbonyl (C=O) groups is 2. The highest BCUT2D eigenvalue weighted by Gasteiger charge is 2.16. The van der Waals surface area contributed by atoms with E-state index >= 15 is 0 Å². The van der Waals surface area contributed by atoms with E-state index in [-0.39, 0.29) is 36.2 Å².